The topological polar surface area (TPSA) is 41.1 Å². The van der Waals surface area contributed by atoms with Crippen molar-refractivity contribution in [3.05, 3.63) is 11.6 Å². The molecule has 1 aliphatic heterocycles. The standard InChI is InChI=1S/C11H18N2O/c14-11(13-10-4-5-10)6-3-9-2-1-7-12-8-9/h2,10,12H,1,3-8H2,(H,13,14). The summed E-state index contributed by atoms with van der Waals surface area (Å²) in [5, 5.41) is 6.32. The number of carbonyl (C=O) groups is 1. The summed E-state index contributed by atoms with van der Waals surface area (Å²) < 4.78 is 0. The zero-order chi connectivity index (χ0) is 9.80. The predicted molar refractivity (Wildman–Crippen MR) is 56.0 cm³/mol. The zero-order valence-electron chi connectivity index (χ0n) is 8.51. The van der Waals surface area contributed by atoms with Crippen molar-refractivity contribution in [1.82, 2.24) is 10.6 Å². The van der Waals surface area contributed by atoms with Crippen LogP contribution in [0.4, 0.5) is 0 Å². The van der Waals surface area contributed by atoms with Crippen LogP contribution in [0.15, 0.2) is 11.6 Å². The van der Waals surface area contributed by atoms with Crippen LogP contribution < -0.4 is 10.6 Å². The van der Waals surface area contributed by atoms with Crippen molar-refractivity contribution < 1.29 is 4.79 Å². The van der Waals surface area contributed by atoms with Gasteiger partial charge in [0.2, 0.25) is 5.91 Å². The van der Waals surface area contributed by atoms with E-state index in [0.717, 1.165) is 25.9 Å². The van der Waals surface area contributed by atoms with Gasteiger partial charge in [-0.2, -0.15) is 0 Å². The van der Waals surface area contributed by atoms with E-state index in [9.17, 15) is 4.79 Å². The molecule has 3 nitrogen and oxygen atoms in total. The van der Waals surface area contributed by atoms with E-state index in [-0.39, 0.29) is 5.91 Å². The van der Waals surface area contributed by atoms with E-state index in [1.165, 1.54) is 18.4 Å². The Morgan fingerprint density at radius 3 is 3.07 bits per heavy atom. The molecule has 78 valence electrons. The van der Waals surface area contributed by atoms with Crippen LogP contribution in [0.25, 0.3) is 0 Å². The summed E-state index contributed by atoms with van der Waals surface area (Å²) in [5.41, 5.74) is 1.39. The van der Waals surface area contributed by atoms with Crippen molar-refractivity contribution in [2.24, 2.45) is 0 Å². The van der Waals surface area contributed by atoms with Crippen molar-refractivity contribution in [2.45, 2.75) is 38.1 Å². The van der Waals surface area contributed by atoms with Crippen molar-refractivity contribution in [2.75, 3.05) is 13.1 Å². The maximum absolute atomic E-state index is 11.4. The molecular formula is C11H18N2O. The van der Waals surface area contributed by atoms with Gasteiger partial charge in [0.15, 0.2) is 0 Å². The van der Waals surface area contributed by atoms with Crippen molar-refractivity contribution in [1.29, 1.82) is 0 Å². The van der Waals surface area contributed by atoms with Crippen LogP contribution in [0.1, 0.15) is 32.1 Å². The first-order valence-corrected chi connectivity index (χ1v) is 5.52. The van der Waals surface area contributed by atoms with Crippen molar-refractivity contribution in [3.8, 4) is 0 Å². The highest BCUT2D eigenvalue weighted by Gasteiger charge is 2.22. The summed E-state index contributed by atoms with van der Waals surface area (Å²) in [7, 11) is 0. The average molecular weight is 194 g/mol. The lowest BCUT2D eigenvalue weighted by Crippen LogP contribution is -2.26. The molecule has 1 saturated carbocycles. The molecule has 0 spiro atoms. The van der Waals surface area contributed by atoms with Gasteiger partial charge in [0.1, 0.15) is 0 Å². The highest BCUT2D eigenvalue weighted by Crippen LogP contribution is 2.19. The highest BCUT2D eigenvalue weighted by atomic mass is 16.1. The third kappa shape index (κ3) is 3.14. The molecule has 0 aromatic rings. The lowest BCUT2D eigenvalue weighted by Gasteiger charge is -2.13. The molecule has 0 radical (unpaired) electrons. The second-order valence-corrected chi connectivity index (χ2v) is 4.17. The summed E-state index contributed by atoms with van der Waals surface area (Å²) in [6.45, 7) is 2.05. The molecule has 0 atom stereocenters. The summed E-state index contributed by atoms with van der Waals surface area (Å²) in [6, 6.07) is 0.501. The maximum Gasteiger partial charge on any atom is 0.220 e. The minimum Gasteiger partial charge on any atom is -0.353 e. The van der Waals surface area contributed by atoms with Gasteiger partial charge in [-0.15, -0.1) is 0 Å². The van der Waals surface area contributed by atoms with Gasteiger partial charge < -0.3 is 10.6 Å². The fourth-order valence-corrected chi connectivity index (χ4v) is 1.69. The highest BCUT2D eigenvalue weighted by molar-refractivity contribution is 5.76. The predicted octanol–water partition coefficient (Wildman–Crippen LogP) is 0.965. The first-order valence-electron chi connectivity index (χ1n) is 5.52. The monoisotopic (exact) mass is 194 g/mol. The Morgan fingerprint density at radius 1 is 1.57 bits per heavy atom. The number of rotatable bonds is 4. The molecule has 2 rings (SSSR count). The Hall–Kier alpha value is -0.830. The third-order valence-corrected chi connectivity index (χ3v) is 2.72. The number of carbonyl (C=O) groups excluding carboxylic acids is 1. The normalized spacial score (nSPS) is 21.6. The summed E-state index contributed by atoms with van der Waals surface area (Å²) in [4.78, 5) is 11.4. The Kier molecular flexibility index (Phi) is 3.19. The molecule has 0 aromatic carbocycles. The lowest BCUT2D eigenvalue weighted by molar-refractivity contribution is -0.121. The summed E-state index contributed by atoms with van der Waals surface area (Å²) >= 11 is 0. The zero-order valence-corrected chi connectivity index (χ0v) is 8.51. The quantitative estimate of drug-likeness (QED) is 0.655. The molecule has 0 bridgehead atoms. The number of hydrogen-bond acceptors (Lipinski definition) is 2. The fraction of sp³-hybridized carbons (Fsp3) is 0.727. The van der Waals surface area contributed by atoms with E-state index in [4.69, 9.17) is 0 Å². The summed E-state index contributed by atoms with van der Waals surface area (Å²) in [5.74, 6) is 0.221. The van der Waals surface area contributed by atoms with Crippen LogP contribution in [-0.4, -0.2) is 25.0 Å². The first-order chi connectivity index (χ1) is 6.84. The van der Waals surface area contributed by atoms with E-state index in [0.29, 0.717) is 12.5 Å². The van der Waals surface area contributed by atoms with E-state index in [2.05, 4.69) is 16.7 Å². The maximum atomic E-state index is 11.4. The molecule has 0 unspecified atom stereocenters. The molecule has 1 heterocycles. The minimum atomic E-state index is 0.221. The first kappa shape index (κ1) is 9.71. The molecular weight excluding hydrogens is 176 g/mol. The number of hydrogen-bond donors (Lipinski definition) is 2. The largest absolute Gasteiger partial charge is 0.353 e. The second kappa shape index (κ2) is 4.60. The van der Waals surface area contributed by atoms with E-state index in [1.807, 2.05) is 0 Å². The van der Waals surface area contributed by atoms with Gasteiger partial charge in [-0.25, -0.2) is 0 Å². The SMILES string of the molecule is O=C(CCC1=CCCNC1)NC1CC1. The Balaban J connectivity index is 1.64. The van der Waals surface area contributed by atoms with Crippen LogP contribution in [0.3, 0.4) is 0 Å². The van der Waals surface area contributed by atoms with Crippen LogP contribution >= 0.6 is 0 Å². The van der Waals surface area contributed by atoms with Gasteiger partial charge in [-0.3, -0.25) is 4.79 Å². The van der Waals surface area contributed by atoms with Crippen LogP contribution in [-0.2, 0) is 4.79 Å². The molecule has 0 aromatic heterocycles. The molecule has 0 saturated heterocycles. The number of nitrogens with one attached hydrogen (secondary N) is 2. The van der Waals surface area contributed by atoms with Gasteiger partial charge in [0.25, 0.3) is 0 Å². The molecule has 3 heteroatoms. The smallest absolute Gasteiger partial charge is 0.220 e. The molecule has 2 aliphatic rings. The second-order valence-electron chi connectivity index (χ2n) is 4.17. The van der Waals surface area contributed by atoms with E-state index >= 15 is 0 Å². The van der Waals surface area contributed by atoms with Crippen LogP contribution in [0, 0.1) is 0 Å². The number of amides is 1. The summed E-state index contributed by atoms with van der Waals surface area (Å²) in [6.07, 6.45) is 7.31. The Morgan fingerprint density at radius 2 is 2.43 bits per heavy atom. The fourth-order valence-electron chi connectivity index (χ4n) is 1.69. The molecule has 1 fully saturated rings. The van der Waals surface area contributed by atoms with Gasteiger partial charge in [0.05, 0.1) is 0 Å². The van der Waals surface area contributed by atoms with Crippen molar-refractivity contribution >= 4 is 5.91 Å². The van der Waals surface area contributed by atoms with Gasteiger partial charge in [0, 0.05) is 19.0 Å². The van der Waals surface area contributed by atoms with Gasteiger partial charge in [-0.1, -0.05) is 11.6 Å². The average Bonchev–Trinajstić information content (AvgIpc) is 3.00. The third-order valence-electron chi connectivity index (χ3n) is 2.72. The van der Waals surface area contributed by atoms with Gasteiger partial charge >= 0.3 is 0 Å². The van der Waals surface area contributed by atoms with E-state index < -0.39 is 0 Å². The molecule has 2 N–H and O–H groups in total. The molecule has 1 aliphatic carbocycles. The Bertz CT molecular complexity index is 244. The molecule has 1 amide bonds. The van der Waals surface area contributed by atoms with Gasteiger partial charge in [-0.05, 0) is 32.2 Å². The van der Waals surface area contributed by atoms with Crippen LogP contribution in [0.2, 0.25) is 0 Å². The van der Waals surface area contributed by atoms with Crippen LogP contribution in [0.5, 0.6) is 0 Å². The van der Waals surface area contributed by atoms with Crippen molar-refractivity contribution in [3.63, 3.8) is 0 Å². The lowest BCUT2D eigenvalue weighted by atomic mass is 10.1. The molecule has 14 heavy (non-hydrogen) atoms. The minimum absolute atomic E-state index is 0.221. The van der Waals surface area contributed by atoms with E-state index in [1.54, 1.807) is 0 Å². The Labute approximate surface area is 84.9 Å².